The number of carboxylic acid groups (broad SMARTS) is 1. The van der Waals surface area contributed by atoms with Gasteiger partial charge in [-0.05, 0) is 18.8 Å². The molecule has 0 aromatic rings. The molecule has 0 bridgehead atoms. The average molecular weight is 264 g/mol. The van der Waals surface area contributed by atoms with Crippen LogP contribution in [0.25, 0.3) is 0 Å². The fraction of sp³-hybridized carbons (Fsp3) is 0.900. The molecule has 0 saturated carbocycles. The molecule has 0 aromatic carbocycles. The summed E-state index contributed by atoms with van der Waals surface area (Å²) >= 11 is 0. The van der Waals surface area contributed by atoms with E-state index in [2.05, 4.69) is 6.92 Å². The molecule has 1 fully saturated rings. The van der Waals surface area contributed by atoms with Crippen molar-refractivity contribution in [1.29, 1.82) is 0 Å². The molecule has 0 radical (unpaired) electrons. The van der Waals surface area contributed by atoms with Gasteiger partial charge in [0.2, 0.25) is 0 Å². The van der Waals surface area contributed by atoms with Crippen LogP contribution in [-0.2, 0) is 15.0 Å². The molecule has 1 aliphatic heterocycles. The predicted octanol–water partition coefficient (Wildman–Crippen LogP) is 0.370. The van der Waals surface area contributed by atoms with Gasteiger partial charge in [-0.1, -0.05) is 13.8 Å². The summed E-state index contributed by atoms with van der Waals surface area (Å²) in [6.45, 7) is 4.43. The highest BCUT2D eigenvalue weighted by molar-refractivity contribution is 7.86. The third kappa shape index (κ3) is 3.65. The molecular formula is C10H20N2O4S. The molecule has 1 rings (SSSR count). The number of nitrogens with zero attached hydrogens (tertiary/aromatic N) is 2. The second-order valence-electron chi connectivity index (χ2n) is 4.41. The van der Waals surface area contributed by atoms with Crippen molar-refractivity contribution in [2.45, 2.75) is 26.7 Å². The Labute approximate surface area is 102 Å². The van der Waals surface area contributed by atoms with Gasteiger partial charge >= 0.3 is 5.97 Å². The van der Waals surface area contributed by atoms with Gasteiger partial charge in [-0.15, -0.1) is 0 Å². The van der Waals surface area contributed by atoms with Gasteiger partial charge in [0.1, 0.15) is 6.54 Å². The molecule has 0 atom stereocenters. The van der Waals surface area contributed by atoms with Crippen LogP contribution in [0.15, 0.2) is 0 Å². The normalized spacial score (nSPS) is 19.7. The minimum Gasteiger partial charge on any atom is -0.480 e. The fourth-order valence-electron chi connectivity index (χ4n) is 1.89. The number of hydrogen-bond donors (Lipinski definition) is 1. The lowest BCUT2D eigenvalue weighted by molar-refractivity contribution is -0.137. The van der Waals surface area contributed by atoms with Crippen LogP contribution in [0.2, 0.25) is 0 Å². The van der Waals surface area contributed by atoms with Crippen molar-refractivity contribution in [2.24, 2.45) is 5.92 Å². The van der Waals surface area contributed by atoms with Crippen LogP contribution >= 0.6 is 0 Å². The average Bonchev–Trinajstić information content (AvgIpc) is 2.26. The maximum Gasteiger partial charge on any atom is 0.318 e. The fourth-order valence-corrected chi connectivity index (χ4v) is 3.49. The molecule has 6 nitrogen and oxygen atoms in total. The monoisotopic (exact) mass is 264 g/mol. The number of likely N-dealkylation sites (N-methyl/N-ethyl adjacent to an activating group) is 1. The second kappa shape index (κ2) is 5.79. The molecule has 1 heterocycles. The van der Waals surface area contributed by atoms with Crippen molar-refractivity contribution >= 4 is 16.2 Å². The van der Waals surface area contributed by atoms with Crippen LogP contribution in [0.1, 0.15) is 26.7 Å². The van der Waals surface area contributed by atoms with Crippen LogP contribution in [-0.4, -0.2) is 54.3 Å². The molecule has 7 heteroatoms. The van der Waals surface area contributed by atoms with Gasteiger partial charge in [-0.2, -0.15) is 17.0 Å². The molecule has 0 spiro atoms. The van der Waals surface area contributed by atoms with E-state index in [1.807, 2.05) is 0 Å². The summed E-state index contributed by atoms with van der Waals surface area (Å²) in [5.41, 5.74) is 0. The molecular weight excluding hydrogens is 244 g/mol. The molecule has 1 N–H and O–H groups in total. The predicted molar refractivity (Wildman–Crippen MR) is 63.8 cm³/mol. The van der Waals surface area contributed by atoms with Crippen LogP contribution in [0.5, 0.6) is 0 Å². The molecule has 1 saturated heterocycles. The van der Waals surface area contributed by atoms with E-state index in [4.69, 9.17) is 5.11 Å². The Hall–Kier alpha value is -0.660. The Morgan fingerprint density at radius 3 is 2.35 bits per heavy atom. The number of aliphatic carboxylic acids is 1. The van der Waals surface area contributed by atoms with Crippen LogP contribution in [0.3, 0.4) is 0 Å². The lowest BCUT2D eigenvalue weighted by Gasteiger charge is -2.33. The molecule has 1 aliphatic rings. The SMILES string of the molecule is CCN(CC(=O)O)S(=O)(=O)N1CCC(C)CC1. The lowest BCUT2D eigenvalue weighted by atomic mass is 10.0. The van der Waals surface area contributed by atoms with E-state index in [0.717, 1.165) is 17.1 Å². The summed E-state index contributed by atoms with van der Waals surface area (Å²) in [6, 6.07) is 0. The first kappa shape index (κ1) is 14.4. The first-order valence-corrected chi connectivity index (χ1v) is 7.24. The molecule has 0 amide bonds. The summed E-state index contributed by atoms with van der Waals surface area (Å²) in [5.74, 6) is -0.586. The Kier molecular flexibility index (Phi) is 4.91. The Morgan fingerprint density at radius 2 is 1.94 bits per heavy atom. The van der Waals surface area contributed by atoms with E-state index in [-0.39, 0.29) is 6.54 Å². The van der Waals surface area contributed by atoms with Crippen molar-refractivity contribution < 1.29 is 18.3 Å². The quantitative estimate of drug-likeness (QED) is 0.778. The molecule has 0 unspecified atom stereocenters. The van der Waals surface area contributed by atoms with Crippen molar-refractivity contribution in [1.82, 2.24) is 8.61 Å². The smallest absolute Gasteiger partial charge is 0.318 e. The van der Waals surface area contributed by atoms with E-state index in [0.29, 0.717) is 19.0 Å². The van der Waals surface area contributed by atoms with Gasteiger partial charge in [-0.3, -0.25) is 4.79 Å². The highest BCUT2D eigenvalue weighted by atomic mass is 32.2. The van der Waals surface area contributed by atoms with Gasteiger partial charge in [0, 0.05) is 19.6 Å². The largest absolute Gasteiger partial charge is 0.480 e. The topological polar surface area (TPSA) is 77.9 Å². The summed E-state index contributed by atoms with van der Waals surface area (Å²) in [6.07, 6.45) is 1.67. The zero-order valence-corrected chi connectivity index (χ0v) is 11.1. The third-order valence-electron chi connectivity index (χ3n) is 3.06. The summed E-state index contributed by atoms with van der Waals surface area (Å²) in [4.78, 5) is 10.6. The Balaban J connectivity index is 2.74. The van der Waals surface area contributed by atoms with Crippen LogP contribution < -0.4 is 0 Å². The van der Waals surface area contributed by atoms with E-state index < -0.39 is 22.7 Å². The summed E-state index contributed by atoms with van der Waals surface area (Å²) in [5, 5.41) is 8.69. The second-order valence-corrected chi connectivity index (χ2v) is 6.34. The first-order valence-electron chi connectivity index (χ1n) is 5.85. The molecule has 0 aromatic heterocycles. The third-order valence-corrected chi connectivity index (χ3v) is 5.12. The van der Waals surface area contributed by atoms with E-state index >= 15 is 0 Å². The van der Waals surface area contributed by atoms with Gasteiger partial charge in [0.05, 0.1) is 0 Å². The molecule has 0 aliphatic carbocycles. The Bertz CT molecular complexity index is 361. The minimum atomic E-state index is -3.61. The zero-order valence-electron chi connectivity index (χ0n) is 10.3. The molecule has 17 heavy (non-hydrogen) atoms. The highest BCUT2D eigenvalue weighted by Gasteiger charge is 2.32. The maximum atomic E-state index is 12.1. The van der Waals surface area contributed by atoms with Crippen LogP contribution in [0.4, 0.5) is 0 Å². The number of piperidine rings is 1. The number of carbonyl (C=O) groups is 1. The maximum absolute atomic E-state index is 12.1. The standard InChI is InChI=1S/C10H20N2O4S/c1-3-11(8-10(13)14)17(15,16)12-6-4-9(2)5-7-12/h9H,3-8H2,1-2H3,(H,13,14). The summed E-state index contributed by atoms with van der Waals surface area (Å²) in [7, 11) is -3.61. The van der Waals surface area contributed by atoms with E-state index in [1.165, 1.54) is 4.31 Å². The van der Waals surface area contributed by atoms with E-state index in [1.54, 1.807) is 6.92 Å². The van der Waals surface area contributed by atoms with Crippen LogP contribution in [0, 0.1) is 5.92 Å². The lowest BCUT2D eigenvalue weighted by Crippen LogP contribution is -2.48. The highest BCUT2D eigenvalue weighted by Crippen LogP contribution is 2.20. The van der Waals surface area contributed by atoms with Gasteiger partial charge in [-0.25, -0.2) is 0 Å². The number of rotatable bonds is 5. The van der Waals surface area contributed by atoms with Gasteiger partial charge < -0.3 is 5.11 Å². The number of carboxylic acids is 1. The minimum absolute atomic E-state index is 0.181. The van der Waals surface area contributed by atoms with Gasteiger partial charge in [0.15, 0.2) is 0 Å². The van der Waals surface area contributed by atoms with Crippen molar-refractivity contribution in [2.75, 3.05) is 26.2 Å². The zero-order chi connectivity index (χ0) is 13.1. The number of hydrogen-bond acceptors (Lipinski definition) is 3. The first-order chi connectivity index (χ1) is 7.87. The van der Waals surface area contributed by atoms with Gasteiger partial charge in [0.25, 0.3) is 10.2 Å². The van der Waals surface area contributed by atoms with Crippen molar-refractivity contribution in [3.8, 4) is 0 Å². The summed E-state index contributed by atoms with van der Waals surface area (Å²) < 4.78 is 26.7. The Morgan fingerprint density at radius 1 is 1.41 bits per heavy atom. The molecule has 100 valence electrons. The van der Waals surface area contributed by atoms with Crippen molar-refractivity contribution in [3.63, 3.8) is 0 Å². The van der Waals surface area contributed by atoms with Crippen molar-refractivity contribution in [3.05, 3.63) is 0 Å². The van der Waals surface area contributed by atoms with E-state index in [9.17, 15) is 13.2 Å².